The van der Waals surface area contributed by atoms with Crippen molar-refractivity contribution in [3.05, 3.63) is 69.5 Å². The lowest BCUT2D eigenvalue weighted by atomic mass is 10.1. The molecule has 3 aromatic rings. The van der Waals surface area contributed by atoms with E-state index in [0.29, 0.717) is 21.0 Å². The molecule has 25 heavy (non-hydrogen) atoms. The molecule has 1 N–H and O–H groups in total. The van der Waals surface area contributed by atoms with Crippen LogP contribution in [-0.2, 0) is 0 Å². The summed E-state index contributed by atoms with van der Waals surface area (Å²) >= 11 is 9.69. The van der Waals surface area contributed by atoms with Crippen molar-refractivity contribution >= 4 is 39.1 Å². The highest BCUT2D eigenvalue weighted by atomic mass is 79.9. The third kappa shape index (κ3) is 2.69. The number of hydrogen-bond acceptors (Lipinski definition) is 4. The predicted molar refractivity (Wildman–Crippen MR) is 99.0 cm³/mol. The van der Waals surface area contributed by atoms with E-state index in [4.69, 9.17) is 11.6 Å². The maximum Gasteiger partial charge on any atom is 0.257 e. The molecule has 0 spiro atoms. The largest absolute Gasteiger partial charge is 0.359 e. The Bertz CT molecular complexity index is 973. The van der Waals surface area contributed by atoms with Gasteiger partial charge in [0.05, 0.1) is 16.3 Å². The monoisotopic (exact) mass is 417 g/mol. The van der Waals surface area contributed by atoms with Crippen LogP contribution < -0.4 is 5.32 Å². The smallest absolute Gasteiger partial charge is 0.257 e. The van der Waals surface area contributed by atoms with Gasteiger partial charge in [-0.25, -0.2) is 9.67 Å². The van der Waals surface area contributed by atoms with Gasteiger partial charge in [-0.2, -0.15) is 5.10 Å². The van der Waals surface area contributed by atoms with Gasteiger partial charge in [0, 0.05) is 18.9 Å². The van der Waals surface area contributed by atoms with Crippen molar-refractivity contribution in [1.82, 2.24) is 19.7 Å². The molecule has 2 aromatic heterocycles. The van der Waals surface area contributed by atoms with Crippen molar-refractivity contribution in [2.24, 2.45) is 0 Å². The number of amides is 1. The van der Waals surface area contributed by atoms with Crippen LogP contribution in [0.2, 0.25) is 5.02 Å². The molecule has 1 unspecified atom stereocenters. The van der Waals surface area contributed by atoms with Crippen LogP contribution in [0, 0.1) is 0 Å². The molecule has 1 amide bonds. The van der Waals surface area contributed by atoms with Crippen molar-refractivity contribution in [1.29, 1.82) is 0 Å². The van der Waals surface area contributed by atoms with Gasteiger partial charge in [0.15, 0.2) is 5.82 Å². The van der Waals surface area contributed by atoms with Gasteiger partial charge in [0.2, 0.25) is 0 Å². The van der Waals surface area contributed by atoms with Gasteiger partial charge in [-0.05, 0) is 46.3 Å². The molecule has 126 valence electrons. The van der Waals surface area contributed by atoms with E-state index in [0.717, 1.165) is 11.4 Å². The first-order chi connectivity index (χ1) is 12.1. The molecule has 3 heterocycles. The third-order valence-electron chi connectivity index (χ3n) is 4.08. The third-order valence-corrected chi connectivity index (χ3v) is 4.77. The van der Waals surface area contributed by atoms with Crippen LogP contribution in [0.4, 0.5) is 5.69 Å². The zero-order chi connectivity index (χ0) is 17.6. The van der Waals surface area contributed by atoms with Gasteiger partial charge in [-0.1, -0.05) is 23.7 Å². The number of aromatic nitrogens is 3. The van der Waals surface area contributed by atoms with Crippen LogP contribution in [0.1, 0.15) is 22.2 Å². The van der Waals surface area contributed by atoms with E-state index in [-0.39, 0.29) is 5.91 Å². The summed E-state index contributed by atoms with van der Waals surface area (Å²) in [4.78, 5) is 18.7. The molecule has 0 saturated heterocycles. The fourth-order valence-electron chi connectivity index (χ4n) is 2.88. The molecule has 1 aromatic carbocycles. The van der Waals surface area contributed by atoms with Crippen molar-refractivity contribution in [2.45, 2.75) is 6.17 Å². The SMILES string of the molecule is CN1C(=O)c2ccccc2NC1c1cc(Br)nn1-c1ncccc1Cl. The van der Waals surface area contributed by atoms with Crippen molar-refractivity contribution in [2.75, 3.05) is 12.4 Å². The molecule has 1 atom stereocenters. The highest BCUT2D eigenvalue weighted by molar-refractivity contribution is 9.10. The molecule has 0 saturated carbocycles. The summed E-state index contributed by atoms with van der Waals surface area (Å²) in [6.45, 7) is 0. The van der Waals surface area contributed by atoms with Gasteiger partial charge in [-0.15, -0.1) is 0 Å². The number of halogens is 2. The first-order valence-electron chi connectivity index (χ1n) is 7.55. The van der Waals surface area contributed by atoms with Crippen LogP contribution in [-0.4, -0.2) is 32.6 Å². The molecule has 0 bridgehead atoms. The van der Waals surface area contributed by atoms with Crippen LogP contribution in [0.25, 0.3) is 5.82 Å². The number of fused-ring (bicyclic) bond motifs is 1. The fraction of sp³-hybridized carbons (Fsp3) is 0.118. The molecule has 0 aliphatic carbocycles. The Morgan fingerprint density at radius 3 is 2.84 bits per heavy atom. The Hall–Kier alpha value is -2.38. The van der Waals surface area contributed by atoms with E-state index in [1.807, 2.05) is 24.3 Å². The quantitative estimate of drug-likeness (QED) is 0.686. The number of carbonyl (C=O) groups excluding carboxylic acids is 1. The minimum Gasteiger partial charge on any atom is -0.359 e. The number of nitrogens with zero attached hydrogens (tertiary/aromatic N) is 4. The van der Waals surface area contributed by atoms with Crippen molar-refractivity contribution in [3.8, 4) is 5.82 Å². The summed E-state index contributed by atoms with van der Waals surface area (Å²) in [5.41, 5.74) is 2.17. The second-order valence-electron chi connectivity index (χ2n) is 5.62. The van der Waals surface area contributed by atoms with Crippen molar-refractivity contribution in [3.63, 3.8) is 0 Å². The van der Waals surface area contributed by atoms with Gasteiger partial charge in [-0.3, -0.25) is 4.79 Å². The molecule has 8 heteroatoms. The number of carbonyl (C=O) groups is 1. The van der Waals surface area contributed by atoms with Crippen LogP contribution in [0.3, 0.4) is 0 Å². The topological polar surface area (TPSA) is 63.1 Å². The first-order valence-corrected chi connectivity index (χ1v) is 8.72. The van der Waals surface area contributed by atoms with E-state index in [2.05, 4.69) is 31.3 Å². The zero-order valence-corrected chi connectivity index (χ0v) is 15.5. The second kappa shape index (κ2) is 6.16. The summed E-state index contributed by atoms with van der Waals surface area (Å²) in [5, 5.41) is 8.31. The van der Waals surface area contributed by atoms with Crippen LogP contribution >= 0.6 is 27.5 Å². The molecule has 0 fully saturated rings. The molecular formula is C17H13BrClN5O. The van der Waals surface area contributed by atoms with E-state index in [1.165, 1.54) is 0 Å². The van der Waals surface area contributed by atoms with E-state index in [9.17, 15) is 4.79 Å². The average Bonchev–Trinajstić information content (AvgIpc) is 3.00. The van der Waals surface area contributed by atoms with Crippen LogP contribution in [0.15, 0.2) is 53.3 Å². The number of para-hydroxylation sites is 1. The molecular weight excluding hydrogens is 406 g/mol. The maximum absolute atomic E-state index is 12.7. The van der Waals surface area contributed by atoms with Gasteiger partial charge < -0.3 is 10.2 Å². The number of benzene rings is 1. The predicted octanol–water partition coefficient (Wildman–Crippen LogP) is 3.88. The summed E-state index contributed by atoms with van der Waals surface area (Å²) in [5.74, 6) is 0.446. The lowest BCUT2D eigenvalue weighted by molar-refractivity contribution is 0.0731. The normalized spacial score (nSPS) is 16.5. The molecule has 6 nitrogen and oxygen atoms in total. The Balaban J connectivity index is 1.84. The number of hydrogen-bond donors (Lipinski definition) is 1. The van der Waals surface area contributed by atoms with Gasteiger partial charge in [0.1, 0.15) is 10.8 Å². The van der Waals surface area contributed by atoms with Crippen molar-refractivity contribution < 1.29 is 4.79 Å². The average molecular weight is 419 g/mol. The summed E-state index contributed by atoms with van der Waals surface area (Å²) in [6.07, 6.45) is 1.25. The first kappa shape index (κ1) is 16.1. The summed E-state index contributed by atoms with van der Waals surface area (Å²) in [7, 11) is 1.75. The highest BCUT2D eigenvalue weighted by Gasteiger charge is 2.33. The highest BCUT2D eigenvalue weighted by Crippen LogP contribution is 2.34. The number of anilines is 1. The van der Waals surface area contributed by atoms with E-state index < -0.39 is 6.17 Å². The lowest BCUT2D eigenvalue weighted by Crippen LogP contribution is -2.41. The van der Waals surface area contributed by atoms with Gasteiger partial charge >= 0.3 is 0 Å². The maximum atomic E-state index is 12.7. The molecule has 0 radical (unpaired) electrons. The molecule has 1 aliphatic heterocycles. The fourth-order valence-corrected chi connectivity index (χ4v) is 3.48. The second-order valence-corrected chi connectivity index (χ2v) is 6.84. The number of rotatable bonds is 2. The summed E-state index contributed by atoms with van der Waals surface area (Å²) < 4.78 is 2.27. The van der Waals surface area contributed by atoms with Crippen LogP contribution in [0.5, 0.6) is 0 Å². The number of pyridine rings is 1. The Labute approximate surface area is 157 Å². The van der Waals surface area contributed by atoms with E-state index in [1.54, 1.807) is 41.0 Å². The van der Waals surface area contributed by atoms with Gasteiger partial charge in [0.25, 0.3) is 5.91 Å². The minimum atomic E-state index is -0.403. The molecule has 1 aliphatic rings. The summed E-state index contributed by atoms with van der Waals surface area (Å²) in [6, 6.07) is 12.8. The molecule has 4 rings (SSSR count). The Kier molecular flexibility index (Phi) is 3.97. The Morgan fingerprint density at radius 1 is 1.24 bits per heavy atom. The standard InChI is InChI=1S/C17H13BrClN5O/c1-23-16(21-12-7-3-2-5-10(12)17(23)25)13-9-14(18)22-24(13)15-11(19)6-4-8-20-15/h2-9,16,21H,1H3. The Morgan fingerprint density at radius 2 is 2.04 bits per heavy atom. The number of nitrogens with one attached hydrogen (secondary N) is 1. The zero-order valence-electron chi connectivity index (χ0n) is 13.1. The minimum absolute atomic E-state index is 0.0599. The van der Waals surface area contributed by atoms with E-state index >= 15 is 0 Å². The lowest BCUT2D eigenvalue weighted by Gasteiger charge is -2.35.